The Balaban J connectivity index is 2.60. The van der Waals surface area contributed by atoms with Crippen molar-refractivity contribution in [3.63, 3.8) is 0 Å². The molecule has 2 N–H and O–H groups in total. The molecule has 0 bridgehead atoms. The van der Waals surface area contributed by atoms with Crippen LogP contribution in [0, 0.1) is 20.2 Å². The van der Waals surface area contributed by atoms with E-state index in [4.69, 9.17) is 9.84 Å². The molecule has 0 saturated heterocycles. The van der Waals surface area contributed by atoms with Gasteiger partial charge in [0.2, 0.25) is 0 Å². The maximum absolute atomic E-state index is 10.9. The van der Waals surface area contributed by atoms with Gasteiger partial charge in [0.1, 0.15) is 5.69 Å². The molecular weight excluding hydrogens is 270 g/mol. The van der Waals surface area contributed by atoms with Crippen LogP contribution < -0.4 is 5.32 Å². The highest BCUT2D eigenvalue weighted by Gasteiger charge is 2.18. The Kier molecular flexibility index (Phi) is 6.33. The van der Waals surface area contributed by atoms with Crippen molar-refractivity contribution < 1.29 is 19.7 Å². The minimum Gasteiger partial charge on any atom is -0.394 e. The number of hydrogen-bond acceptors (Lipinski definition) is 7. The fourth-order valence-corrected chi connectivity index (χ4v) is 1.50. The van der Waals surface area contributed by atoms with Gasteiger partial charge in [-0.2, -0.15) is 0 Å². The molecule has 1 aromatic rings. The lowest BCUT2D eigenvalue weighted by Crippen LogP contribution is -2.09. The van der Waals surface area contributed by atoms with Crippen LogP contribution in [0.15, 0.2) is 18.2 Å². The number of nitro groups is 2. The van der Waals surface area contributed by atoms with Crippen LogP contribution in [0.3, 0.4) is 0 Å². The van der Waals surface area contributed by atoms with Gasteiger partial charge in [0.05, 0.1) is 29.1 Å². The van der Waals surface area contributed by atoms with Crippen LogP contribution in [0.5, 0.6) is 0 Å². The summed E-state index contributed by atoms with van der Waals surface area (Å²) < 4.78 is 5.04. The number of non-ortho nitro benzene ring substituents is 1. The molecular formula is C11H15N3O6. The van der Waals surface area contributed by atoms with Crippen LogP contribution in [-0.4, -0.2) is 41.3 Å². The van der Waals surface area contributed by atoms with Gasteiger partial charge in [-0.1, -0.05) is 0 Å². The number of rotatable bonds is 9. The van der Waals surface area contributed by atoms with Crippen molar-refractivity contribution in [2.24, 2.45) is 0 Å². The number of aliphatic hydroxyl groups excluding tert-OH is 1. The Morgan fingerprint density at radius 3 is 2.55 bits per heavy atom. The highest BCUT2D eigenvalue weighted by atomic mass is 16.6. The van der Waals surface area contributed by atoms with Crippen molar-refractivity contribution in [2.45, 2.75) is 6.42 Å². The van der Waals surface area contributed by atoms with Crippen molar-refractivity contribution >= 4 is 17.1 Å². The molecule has 1 aromatic carbocycles. The summed E-state index contributed by atoms with van der Waals surface area (Å²) in [4.78, 5) is 20.1. The molecule has 0 aliphatic carbocycles. The monoisotopic (exact) mass is 285 g/mol. The summed E-state index contributed by atoms with van der Waals surface area (Å²) in [7, 11) is 0. The molecule has 0 aliphatic rings. The number of nitrogens with zero attached hydrogens (tertiary/aromatic N) is 2. The molecule has 0 aliphatic heterocycles. The molecule has 0 saturated carbocycles. The molecule has 9 heteroatoms. The molecule has 20 heavy (non-hydrogen) atoms. The van der Waals surface area contributed by atoms with E-state index < -0.39 is 9.85 Å². The summed E-state index contributed by atoms with van der Waals surface area (Å²) >= 11 is 0. The summed E-state index contributed by atoms with van der Waals surface area (Å²) in [5.41, 5.74) is -0.438. The minimum atomic E-state index is -0.681. The number of benzene rings is 1. The fourth-order valence-electron chi connectivity index (χ4n) is 1.50. The summed E-state index contributed by atoms with van der Waals surface area (Å²) in [5, 5.41) is 32.8. The Morgan fingerprint density at radius 2 is 1.95 bits per heavy atom. The van der Waals surface area contributed by atoms with E-state index in [2.05, 4.69) is 5.32 Å². The summed E-state index contributed by atoms with van der Waals surface area (Å²) in [6.07, 6.45) is 0.591. The maximum Gasteiger partial charge on any atom is 0.299 e. The van der Waals surface area contributed by atoms with E-state index in [0.717, 1.165) is 6.07 Å². The predicted molar refractivity (Wildman–Crippen MR) is 70.8 cm³/mol. The van der Waals surface area contributed by atoms with E-state index in [0.29, 0.717) is 19.6 Å². The third kappa shape index (κ3) is 4.78. The lowest BCUT2D eigenvalue weighted by atomic mass is 10.2. The van der Waals surface area contributed by atoms with Gasteiger partial charge in [0, 0.05) is 19.2 Å². The molecule has 0 fully saturated rings. The first-order chi connectivity index (χ1) is 9.56. The quantitative estimate of drug-likeness (QED) is 0.397. The van der Waals surface area contributed by atoms with E-state index in [-0.39, 0.29) is 30.3 Å². The number of nitro benzene ring substituents is 2. The first-order valence-electron chi connectivity index (χ1n) is 5.91. The van der Waals surface area contributed by atoms with Crippen molar-refractivity contribution in [1.29, 1.82) is 0 Å². The van der Waals surface area contributed by atoms with Crippen molar-refractivity contribution in [3.05, 3.63) is 38.4 Å². The first kappa shape index (κ1) is 15.8. The van der Waals surface area contributed by atoms with Crippen molar-refractivity contribution in [1.82, 2.24) is 0 Å². The van der Waals surface area contributed by atoms with Crippen molar-refractivity contribution in [3.8, 4) is 0 Å². The maximum atomic E-state index is 10.9. The van der Waals surface area contributed by atoms with E-state index in [9.17, 15) is 20.2 Å². The number of anilines is 1. The summed E-state index contributed by atoms with van der Waals surface area (Å²) in [6.45, 7) is 1.03. The zero-order valence-corrected chi connectivity index (χ0v) is 10.7. The van der Waals surface area contributed by atoms with E-state index >= 15 is 0 Å². The zero-order chi connectivity index (χ0) is 15.0. The Bertz CT molecular complexity index is 479. The highest BCUT2D eigenvalue weighted by molar-refractivity contribution is 5.65. The van der Waals surface area contributed by atoms with Gasteiger partial charge in [-0.05, 0) is 12.5 Å². The molecule has 1 rings (SSSR count). The van der Waals surface area contributed by atoms with Crippen LogP contribution in [-0.2, 0) is 4.74 Å². The Hall–Kier alpha value is -2.26. The first-order valence-corrected chi connectivity index (χ1v) is 5.91. The number of nitrogens with one attached hydrogen (secondary N) is 1. The molecule has 0 unspecified atom stereocenters. The molecule has 0 spiro atoms. The van der Waals surface area contributed by atoms with Gasteiger partial charge in [-0.25, -0.2) is 0 Å². The Morgan fingerprint density at radius 1 is 1.20 bits per heavy atom. The largest absolute Gasteiger partial charge is 0.394 e. The fraction of sp³-hybridized carbons (Fsp3) is 0.455. The Labute approximate surface area is 114 Å². The van der Waals surface area contributed by atoms with Gasteiger partial charge < -0.3 is 15.2 Å². The predicted octanol–water partition coefficient (Wildman–Crippen LogP) is 1.31. The molecule has 110 valence electrons. The smallest absolute Gasteiger partial charge is 0.299 e. The second-order valence-electron chi connectivity index (χ2n) is 3.83. The van der Waals surface area contributed by atoms with Gasteiger partial charge in [-0.15, -0.1) is 0 Å². The number of hydrogen-bond donors (Lipinski definition) is 2. The van der Waals surface area contributed by atoms with E-state index in [1.807, 2.05) is 0 Å². The topological polar surface area (TPSA) is 128 Å². The second kappa shape index (κ2) is 8.02. The number of aliphatic hydroxyl groups is 1. The van der Waals surface area contributed by atoms with Gasteiger partial charge in [0.15, 0.2) is 0 Å². The molecule has 0 heterocycles. The van der Waals surface area contributed by atoms with Crippen LogP contribution in [0.4, 0.5) is 17.1 Å². The normalized spacial score (nSPS) is 10.2. The molecule has 0 radical (unpaired) electrons. The number of ether oxygens (including phenoxy) is 1. The van der Waals surface area contributed by atoms with Gasteiger partial charge >= 0.3 is 0 Å². The third-order valence-corrected chi connectivity index (χ3v) is 2.41. The summed E-state index contributed by atoms with van der Waals surface area (Å²) in [6, 6.07) is 3.44. The minimum absolute atomic E-state index is 0.0543. The van der Waals surface area contributed by atoms with Gasteiger partial charge in [-0.3, -0.25) is 20.2 Å². The van der Waals surface area contributed by atoms with Crippen LogP contribution in [0.25, 0.3) is 0 Å². The average molecular weight is 285 g/mol. The summed E-state index contributed by atoms with van der Waals surface area (Å²) in [5.74, 6) is 0. The van der Waals surface area contributed by atoms with E-state index in [1.54, 1.807) is 0 Å². The highest BCUT2D eigenvalue weighted by Crippen LogP contribution is 2.28. The van der Waals surface area contributed by atoms with E-state index in [1.165, 1.54) is 12.1 Å². The van der Waals surface area contributed by atoms with Crippen LogP contribution in [0.1, 0.15) is 6.42 Å². The van der Waals surface area contributed by atoms with Crippen LogP contribution in [0.2, 0.25) is 0 Å². The van der Waals surface area contributed by atoms with Gasteiger partial charge in [0.25, 0.3) is 11.4 Å². The van der Waals surface area contributed by atoms with Crippen LogP contribution >= 0.6 is 0 Å². The molecule has 0 aromatic heterocycles. The molecule has 0 amide bonds. The molecule has 0 atom stereocenters. The SMILES string of the molecule is O=[N+]([O-])c1ccc(NCCCOCCO)c([N+](=O)[O-])c1. The second-order valence-corrected chi connectivity index (χ2v) is 3.83. The lowest BCUT2D eigenvalue weighted by molar-refractivity contribution is -0.393. The standard InChI is InChI=1S/C11H15N3O6/c15-5-7-20-6-1-4-12-10-3-2-9(13(16)17)8-11(10)14(18)19/h2-3,8,12,15H,1,4-7H2. The average Bonchev–Trinajstić information content (AvgIpc) is 2.42. The lowest BCUT2D eigenvalue weighted by Gasteiger charge is -2.07. The molecule has 9 nitrogen and oxygen atoms in total. The zero-order valence-electron chi connectivity index (χ0n) is 10.7. The third-order valence-electron chi connectivity index (χ3n) is 2.41. The van der Waals surface area contributed by atoms with Crippen molar-refractivity contribution in [2.75, 3.05) is 31.7 Å².